The number of nitrogens with zero attached hydrogens (tertiary/aromatic N) is 3. The number of nitrogens with two attached hydrogens (primary N) is 1. The Morgan fingerprint density at radius 3 is 2.53 bits per heavy atom. The van der Waals surface area contributed by atoms with Crippen molar-refractivity contribution in [3.63, 3.8) is 0 Å². The summed E-state index contributed by atoms with van der Waals surface area (Å²) in [5.41, 5.74) is 6.71. The second kappa shape index (κ2) is 12.2. The first-order chi connectivity index (χ1) is 20.6. The normalized spacial score (nSPS) is 16.3. The number of amides is 3. The first kappa shape index (κ1) is 29.7. The number of likely N-dealkylation sites (tertiary alicyclic amines) is 1. The third-order valence-electron chi connectivity index (χ3n) is 7.70. The van der Waals surface area contributed by atoms with Crippen LogP contribution in [0, 0.1) is 11.7 Å². The van der Waals surface area contributed by atoms with Gasteiger partial charge in [-0.2, -0.15) is 5.10 Å². The fourth-order valence-corrected chi connectivity index (χ4v) is 5.66. The molecule has 1 aliphatic rings. The van der Waals surface area contributed by atoms with Crippen molar-refractivity contribution < 1.29 is 28.3 Å². The maximum absolute atomic E-state index is 15.6. The van der Waals surface area contributed by atoms with Crippen LogP contribution < -0.4 is 11.1 Å². The zero-order valence-corrected chi connectivity index (χ0v) is 24.2. The number of hydrogen-bond acceptors (Lipinski definition) is 6. The molecule has 0 saturated carbocycles. The number of nitrogens with one attached hydrogen (secondary N) is 1. The summed E-state index contributed by atoms with van der Waals surface area (Å²) in [5.74, 6) is -2.96. The molecular weight excluding hydrogens is 577 g/mol. The molecule has 1 aliphatic heterocycles. The quantitative estimate of drug-likeness (QED) is 0.281. The number of carbonyl (C=O) groups excluding carboxylic acids is 4. The van der Waals surface area contributed by atoms with E-state index in [9.17, 15) is 19.2 Å². The number of methoxy groups -OCH3 is 1. The van der Waals surface area contributed by atoms with Gasteiger partial charge in [-0.25, -0.2) is 9.18 Å². The van der Waals surface area contributed by atoms with Gasteiger partial charge >= 0.3 is 5.97 Å². The average molecular weight is 606 g/mol. The number of rotatable bonds is 8. The van der Waals surface area contributed by atoms with Crippen LogP contribution in [0.2, 0.25) is 5.02 Å². The van der Waals surface area contributed by atoms with Gasteiger partial charge in [-0.05, 0) is 42.7 Å². The van der Waals surface area contributed by atoms with Gasteiger partial charge in [-0.1, -0.05) is 55.3 Å². The van der Waals surface area contributed by atoms with E-state index in [0.717, 1.165) is 6.42 Å². The summed E-state index contributed by atoms with van der Waals surface area (Å²) in [6, 6.07) is 15.1. The molecule has 0 aliphatic carbocycles. The molecular formula is C31H29ClFN5O5. The second-order valence-electron chi connectivity index (χ2n) is 10.3. The summed E-state index contributed by atoms with van der Waals surface area (Å²) in [4.78, 5) is 52.8. The minimum atomic E-state index is -0.857. The molecule has 3 aromatic carbocycles. The molecule has 3 amide bonds. The van der Waals surface area contributed by atoms with Crippen LogP contribution in [-0.4, -0.2) is 58.1 Å². The Morgan fingerprint density at radius 2 is 1.84 bits per heavy atom. The van der Waals surface area contributed by atoms with Gasteiger partial charge in [-0.3, -0.25) is 19.1 Å². The zero-order chi connectivity index (χ0) is 30.8. The lowest BCUT2D eigenvalue weighted by Crippen LogP contribution is -2.44. The first-order valence-corrected chi connectivity index (χ1v) is 14.0. The first-order valence-electron chi connectivity index (χ1n) is 13.6. The van der Waals surface area contributed by atoms with E-state index in [-0.39, 0.29) is 35.0 Å². The summed E-state index contributed by atoms with van der Waals surface area (Å²) in [6.45, 7) is 2.00. The molecule has 1 fully saturated rings. The number of benzene rings is 3. The highest BCUT2D eigenvalue weighted by atomic mass is 35.5. The molecule has 0 bridgehead atoms. The lowest BCUT2D eigenvalue weighted by atomic mass is 10.0. The van der Waals surface area contributed by atoms with Crippen molar-refractivity contribution in [2.45, 2.75) is 32.4 Å². The molecule has 2 unspecified atom stereocenters. The monoisotopic (exact) mass is 605 g/mol. The van der Waals surface area contributed by atoms with Crippen LogP contribution in [0.15, 0.2) is 60.7 Å². The van der Waals surface area contributed by atoms with E-state index in [2.05, 4.69) is 10.4 Å². The Kier molecular flexibility index (Phi) is 8.45. The summed E-state index contributed by atoms with van der Waals surface area (Å²) < 4.78 is 21.6. The molecule has 43 heavy (non-hydrogen) atoms. The van der Waals surface area contributed by atoms with Crippen molar-refractivity contribution >= 4 is 51.9 Å². The Balaban J connectivity index is 1.40. The predicted molar refractivity (Wildman–Crippen MR) is 159 cm³/mol. The van der Waals surface area contributed by atoms with E-state index in [0.29, 0.717) is 34.5 Å². The topological polar surface area (TPSA) is 137 Å². The number of esters is 1. The van der Waals surface area contributed by atoms with E-state index in [1.807, 2.05) is 6.92 Å². The van der Waals surface area contributed by atoms with Crippen LogP contribution in [0.1, 0.15) is 40.6 Å². The molecule has 2 atom stereocenters. The maximum atomic E-state index is 15.6. The number of primary amides is 1. The fraction of sp³-hybridized carbons (Fsp3) is 0.258. The number of hydrogen-bond donors (Lipinski definition) is 2. The third kappa shape index (κ3) is 5.80. The van der Waals surface area contributed by atoms with Crippen LogP contribution in [0.25, 0.3) is 22.0 Å². The minimum Gasteiger partial charge on any atom is -0.465 e. The summed E-state index contributed by atoms with van der Waals surface area (Å²) in [5, 5.41) is 7.57. The number of anilines is 1. The highest BCUT2D eigenvalue weighted by Gasteiger charge is 2.39. The Morgan fingerprint density at radius 1 is 1.09 bits per heavy atom. The van der Waals surface area contributed by atoms with Crippen molar-refractivity contribution in [2.24, 2.45) is 11.7 Å². The average Bonchev–Trinajstić information content (AvgIpc) is 3.60. The standard InChI is InChI=1S/C31H29ClFN5O5/c1-3-17-13-25(30(41)35-23-10-6-8-20(27(23)33)19-7-4-5-9-22(19)32)37(15-17)26(39)16-38-24-12-11-18(31(42)43-2)14-21(24)28(36-38)29(34)40/h4-12,14,17,25H,3,13,15-16H2,1-2H3,(H2,34,40)(H,35,41). The molecule has 222 valence electrons. The van der Waals surface area contributed by atoms with Crippen molar-refractivity contribution in [3.05, 3.63) is 82.8 Å². The number of halogens is 2. The van der Waals surface area contributed by atoms with E-state index in [1.165, 1.54) is 34.9 Å². The van der Waals surface area contributed by atoms with Crippen LogP contribution in [0.5, 0.6) is 0 Å². The second-order valence-corrected chi connectivity index (χ2v) is 10.7. The van der Waals surface area contributed by atoms with Gasteiger partial charge in [0.2, 0.25) is 11.8 Å². The zero-order valence-electron chi connectivity index (χ0n) is 23.5. The molecule has 0 radical (unpaired) electrons. The van der Waals surface area contributed by atoms with Crippen molar-refractivity contribution in [1.29, 1.82) is 0 Å². The van der Waals surface area contributed by atoms with Crippen LogP contribution in [-0.2, 0) is 20.9 Å². The van der Waals surface area contributed by atoms with Crippen molar-refractivity contribution in [2.75, 3.05) is 19.0 Å². The Hall–Kier alpha value is -4.77. The predicted octanol–water partition coefficient (Wildman–Crippen LogP) is 4.65. The van der Waals surface area contributed by atoms with Gasteiger partial charge < -0.3 is 20.7 Å². The summed E-state index contributed by atoms with van der Waals surface area (Å²) >= 11 is 6.28. The van der Waals surface area contributed by atoms with Crippen LogP contribution in [0.3, 0.4) is 0 Å². The van der Waals surface area contributed by atoms with Gasteiger partial charge in [-0.15, -0.1) is 0 Å². The molecule has 4 aromatic rings. The fourth-order valence-electron chi connectivity index (χ4n) is 5.42. The number of ether oxygens (including phenoxy) is 1. The number of carbonyl (C=O) groups is 4. The van der Waals surface area contributed by atoms with Gasteiger partial charge in [0, 0.05) is 28.1 Å². The van der Waals surface area contributed by atoms with Crippen molar-refractivity contribution in [3.8, 4) is 11.1 Å². The molecule has 1 aromatic heterocycles. The van der Waals surface area contributed by atoms with Gasteiger partial charge in [0.15, 0.2) is 11.5 Å². The number of fused-ring (bicyclic) bond motifs is 1. The smallest absolute Gasteiger partial charge is 0.337 e. The lowest BCUT2D eigenvalue weighted by Gasteiger charge is -2.24. The molecule has 1 saturated heterocycles. The van der Waals surface area contributed by atoms with Crippen LogP contribution >= 0.6 is 11.6 Å². The van der Waals surface area contributed by atoms with Crippen LogP contribution in [0.4, 0.5) is 10.1 Å². The molecule has 10 nitrogen and oxygen atoms in total. The lowest BCUT2D eigenvalue weighted by molar-refractivity contribution is -0.137. The van der Waals surface area contributed by atoms with Gasteiger partial charge in [0.1, 0.15) is 12.6 Å². The van der Waals surface area contributed by atoms with Gasteiger partial charge in [0.25, 0.3) is 5.91 Å². The third-order valence-corrected chi connectivity index (χ3v) is 8.03. The molecule has 5 rings (SSSR count). The summed E-state index contributed by atoms with van der Waals surface area (Å²) in [6.07, 6.45) is 1.13. The van der Waals surface area contributed by atoms with Crippen molar-refractivity contribution in [1.82, 2.24) is 14.7 Å². The van der Waals surface area contributed by atoms with E-state index in [4.69, 9.17) is 22.1 Å². The maximum Gasteiger partial charge on any atom is 0.337 e. The van der Waals surface area contributed by atoms with E-state index >= 15 is 4.39 Å². The highest BCUT2D eigenvalue weighted by molar-refractivity contribution is 6.33. The molecule has 12 heteroatoms. The number of aromatic nitrogens is 2. The molecule has 0 spiro atoms. The van der Waals surface area contributed by atoms with E-state index < -0.39 is 35.5 Å². The highest BCUT2D eigenvalue weighted by Crippen LogP contribution is 2.34. The molecule has 3 N–H and O–H groups in total. The summed E-state index contributed by atoms with van der Waals surface area (Å²) in [7, 11) is 1.24. The Labute approximate surface area is 251 Å². The largest absolute Gasteiger partial charge is 0.465 e. The Bertz CT molecular complexity index is 1760. The molecule has 2 heterocycles. The SMILES string of the molecule is CCC1CC(C(=O)Nc2cccc(-c3ccccc3Cl)c2F)N(C(=O)Cn2nc(C(N)=O)c3cc(C(=O)OC)ccc32)C1. The van der Waals surface area contributed by atoms with Gasteiger partial charge in [0.05, 0.1) is 23.9 Å². The van der Waals surface area contributed by atoms with E-state index in [1.54, 1.807) is 42.5 Å². The minimum absolute atomic E-state index is 0.0275.